The van der Waals surface area contributed by atoms with E-state index in [0.29, 0.717) is 5.56 Å². The number of hydrogen-bond donors (Lipinski definition) is 2. The predicted molar refractivity (Wildman–Crippen MR) is 90.0 cm³/mol. The maximum absolute atomic E-state index is 12.8. The van der Waals surface area contributed by atoms with Crippen LogP contribution in [0.1, 0.15) is 29.8 Å². The molecule has 3 N–H and O–H groups in total. The zero-order valence-corrected chi connectivity index (χ0v) is 14.2. The van der Waals surface area contributed by atoms with Gasteiger partial charge in [-0.2, -0.15) is 13.2 Å². The van der Waals surface area contributed by atoms with E-state index in [1.807, 2.05) is 0 Å². The molecule has 0 unspecified atom stereocenters. The molecular formula is C18H18F3N3O2. The van der Waals surface area contributed by atoms with Crippen molar-refractivity contribution in [2.75, 3.05) is 0 Å². The number of rotatable bonds is 5. The zero-order valence-electron chi connectivity index (χ0n) is 14.2. The van der Waals surface area contributed by atoms with Crippen molar-refractivity contribution < 1.29 is 22.8 Å². The molecular weight excluding hydrogens is 347 g/mol. The Morgan fingerprint density at radius 2 is 1.73 bits per heavy atom. The second kappa shape index (κ2) is 7.55. The van der Waals surface area contributed by atoms with Crippen LogP contribution in [0.3, 0.4) is 0 Å². The van der Waals surface area contributed by atoms with Gasteiger partial charge in [0.05, 0.1) is 11.3 Å². The molecule has 138 valence electrons. The Hall–Kier alpha value is -2.90. The van der Waals surface area contributed by atoms with Crippen molar-refractivity contribution in [1.29, 1.82) is 0 Å². The molecule has 8 heteroatoms. The summed E-state index contributed by atoms with van der Waals surface area (Å²) in [5.41, 5.74) is 5.29. The number of nitrogens with two attached hydrogens (primary N) is 1. The fourth-order valence-electron chi connectivity index (χ4n) is 2.35. The van der Waals surface area contributed by atoms with E-state index in [1.165, 1.54) is 24.3 Å². The molecule has 2 amide bonds. The first kappa shape index (κ1) is 19.4. The number of benzene rings is 1. The number of halogens is 3. The van der Waals surface area contributed by atoms with Gasteiger partial charge in [0.1, 0.15) is 6.04 Å². The summed E-state index contributed by atoms with van der Waals surface area (Å²) in [4.78, 5) is 27.5. The molecule has 0 aliphatic heterocycles. The van der Waals surface area contributed by atoms with Crippen LogP contribution in [-0.2, 0) is 11.0 Å². The molecule has 26 heavy (non-hydrogen) atoms. The Balaban J connectivity index is 2.21. The molecule has 2 rings (SSSR count). The molecule has 1 atom stereocenters. The topological polar surface area (TPSA) is 85.1 Å². The lowest BCUT2D eigenvalue weighted by atomic mass is 10.0. The lowest BCUT2D eigenvalue weighted by Gasteiger charge is -2.19. The Morgan fingerprint density at radius 3 is 2.23 bits per heavy atom. The van der Waals surface area contributed by atoms with Crippen molar-refractivity contribution in [3.63, 3.8) is 0 Å². The van der Waals surface area contributed by atoms with Gasteiger partial charge in [-0.25, -0.2) is 0 Å². The van der Waals surface area contributed by atoms with Crippen molar-refractivity contribution in [3.8, 4) is 11.3 Å². The fourth-order valence-corrected chi connectivity index (χ4v) is 2.35. The van der Waals surface area contributed by atoms with Crippen LogP contribution >= 0.6 is 0 Å². The van der Waals surface area contributed by atoms with Gasteiger partial charge >= 0.3 is 6.18 Å². The van der Waals surface area contributed by atoms with Crippen LogP contribution in [-0.4, -0.2) is 22.8 Å². The van der Waals surface area contributed by atoms with E-state index in [1.54, 1.807) is 13.8 Å². The van der Waals surface area contributed by atoms with Gasteiger partial charge in [0, 0.05) is 17.3 Å². The van der Waals surface area contributed by atoms with E-state index in [0.717, 1.165) is 18.3 Å². The predicted octanol–water partition coefficient (Wildman–Crippen LogP) is 3.01. The Kier molecular flexibility index (Phi) is 5.64. The summed E-state index contributed by atoms with van der Waals surface area (Å²) in [5, 5.41) is 2.54. The quantitative estimate of drug-likeness (QED) is 0.854. The summed E-state index contributed by atoms with van der Waals surface area (Å²) in [5.74, 6) is -1.31. The first-order valence-electron chi connectivity index (χ1n) is 7.83. The molecule has 1 aromatic carbocycles. The molecule has 5 nitrogen and oxygen atoms in total. The summed E-state index contributed by atoms with van der Waals surface area (Å²) in [6, 6.07) is 6.90. The van der Waals surface area contributed by atoms with Gasteiger partial charge in [0.25, 0.3) is 5.91 Å². The van der Waals surface area contributed by atoms with Crippen molar-refractivity contribution in [2.24, 2.45) is 11.7 Å². The molecule has 0 saturated heterocycles. The zero-order chi connectivity index (χ0) is 19.5. The second-order valence-corrected chi connectivity index (χ2v) is 6.10. The third kappa shape index (κ3) is 4.59. The van der Waals surface area contributed by atoms with Crippen molar-refractivity contribution in [3.05, 3.63) is 53.7 Å². The maximum Gasteiger partial charge on any atom is 0.416 e. The van der Waals surface area contributed by atoms with Crippen molar-refractivity contribution >= 4 is 11.8 Å². The molecule has 0 aliphatic rings. The summed E-state index contributed by atoms with van der Waals surface area (Å²) in [6.45, 7) is 3.50. The number of nitrogens with zero attached hydrogens (tertiary/aromatic N) is 1. The van der Waals surface area contributed by atoms with Crippen LogP contribution in [0.4, 0.5) is 13.2 Å². The van der Waals surface area contributed by atoms with Gasteiger partial charge < -0.3 is 11.1 Å². The van der Waals surface area contributed by atoms with E-state index in [2.05, 4.69) is 10.3 Å². The summed E-state index contributed by atoms with van der Waals surface area (Å²) in [6.07, 6.45) is -3.38. The average molecular weight is 365 g/mol. The highest BCUT2D eigenvalue weighted by atomic mass is 19.4. The smallest absolute Gasteiger partial charge is 0.368 e. The number of pyridine rings is 1. The molecule has 1 heterocycles. The summed E-state index contributed by atoms with van der Waals surface area (Å²) >= 11 is 0. The van der Waals surface area contributed by atoms with E-state index in [4.69, 9.17) is 5.73 Å². The first-order valence-corrected chi connectivity index (χ1v) is 7.83. The number of carbonyl (C=O) groups is 2. The number of primary amides is 1. The Bertz CT molecular complexity index is 802. The van der Waals surface area contributed by atoms with Crippen LogP contribution in [0, 0.1) is 5.92 Å². The van der Waals surface area contributed by atoms with E-state index < -0.39 is 29.6 Å². The molecule has 0 radical (unpaired) electrons. The molecule has 0 fully saturated rings. The van der Waals surface area contributed by atoms with E-state index in [-0.39, 0.29) is 17.2 Å². The normalized spacial score (nSPS) is 12.7. The van der Waals surface area contributed by atoms with Crippen molar-refractivity contribution in [1.82, 2.24) is 10.3 Å². The monoisotopic (exact) mass is 365 g/mol. The van der Waals surface area contributed by atoms with Crippen LogP contribution in [0.15, 0.2) is 42.6 Å². The third-order valence-electron chi connectivity index (χ3n) is 3.79. The molecule has 0 aliphatic carbocycles. The average Bonchev–Trinajstić information content (AvgIpc) is 2.58. The lowest BCUT2D eigenvalue weighted by Crippen LogP contribution is -2.47. The van der Waals surface area contributed by atoms with Crippen LogP contribution in [0.2, 0.25) is 0 Å². The number of aromatic nitrogens is 1. The Morgan fingerprint density at radius 1 is 1.12 bits per heavy atom. The standard InChI is InChI=1S/C18H18F3N3O2/c1-10(2)15(16(22)25)24-17(26)12-5-3-11(4-6-12)14-9-13(7-8-23-14)18(19,20)21/h3-10,15H,1-2H3,(H2,22,25)(H,24,26)/t15-/m0/s1. The Labute approximate surface area is 148 Å². The minimum Gasteiger partial charge on any atom is -0.368 e. The largest absolute Gasteiger partial charge is 0.416 e. The highest BCUT2D eigenvalue weighted by molar-refractivity contribution is 5.97. The number of hydrogen-bond acceptors (Lipinski definition) is 3. The molecule has 2 aromatic rings. The lowest BCUT2D eigenvalue weighted by molar-refractivity contribution is -0.137. The third-order valence-corrected chi connectivity index (χ3v) is 3.79. The number of carbonyl (C=O) groups excluding carboxylic acids is 2. The highest BCUT2D eigenvalue weighted by Gasteiger charge is 2.30. The van der Waals surface area contributed by atoms with Crippen LogP contribution in [0.25, 0.3) is 11.3 Å². The van der Waals surface area contributed by atoms with Crippen LogP contribution in [0.5, 0.6) is 0 Å². The number of alkyl halides is 3. The summed E-state index contributed by atoms with van der Waals surface area (Å²) in [7, 11) is 0. The minimum atomic E-state index is -4.46. The van der Waals surface area contributed by atoms with Gasteiger partial charge in [0.15, 0.2) is 0 Å². The molecule has 0 spiro atoms. The fraction of sp³-hybridized carbons (Fsp3) is 0.278. The number of nitrogens with one attached hydrogen (secondary N) is 1. The molecule has 0 saturated carbocycles. The molecule has 1 aromatic heterocycles. The van der Waals surface area contributed by atoms with Gasteiger partial charge in [-0.3, -0.25) is 14.6 Å². The van der Waals surface area contributed by atoms with Crippen LogP contribution < -0.4 is 11.1 Å². The SMILES string of the molecule is CC(C)[C@H](NC(=O)c1ccc(-c2cc(C(F)(F)F)ccn2)cc1)C(N)=O. The number of amides is 2. The second-order valence-electron chi connectivity index (χ2n) is 6.10. The maximum atomic E-state index is 12.8. The summed E-state index contributed by atoms with van der Waals surface area (Å²) < 4.78 is 38.4. The van der Waals surface area contributed by atoms with Gasteiger partial charge in [-0.05, 0) is 30.2 Å². The van der Waals surface area contributed by atoms with E-state index in [9.17, 15) is 22.8 Å². The van der Waals surface area contributed by atoms with Crippen molar-refractivity contribution in [2.45, 2.75) is 26.1 Å². The minimum absolute atomic E-state index is 0.143. The highest BCUT2D eigenvalue weighted by Crippen LogP contribution is 2.31. The molecule has 0 bridgehead atoms. The van der Waals surface area contributed by atoms with Gasteiger partial charge in [0.2, 0.25) is 5.91 Å². The van der Waals surface area contributed by atoms with Gasteiger partial charge in [-0.15, -0.1) is 0 Å². The first-order chi connectivity index (χ1) is 12.1. The van der Waals surface area contributed by atoms with E-state index >= 15 is 0 Å². The van der Waals surface area contributed by atoms with Gasteiger partial charge in [-0.1, -0.05) is 26.0 Å².